The summed E-state index contributed by atoms with van der Waals surface area (Å²) in [6.45, 7) is 2.31. The lowest BCUT2D eigenvalue weighted by Gasteiger charge is -2.07. The number of halogens is 2. The molecule has 2 rings (SSSR count). The fourth-order valence-electron chi connectivity index (χ4n) is 1.76. The first-order valence-corrected chi connectivity index (χ1v) is 7.96. The molecular formula is C17H16Cl2N2O3. The molecule has 1 N–H and O–H groups in total. The van der Waals surface area contributed by atoms with Crippen molar-refractivity contribution in [3.05, 3.63) is 58.1 Å². The Kier molecular flexibility index (Phi) is 6.90. The molecule has 1 amide bonds. The fourth-order valence-corrected chi connectivity index (χ4v) is 2.09. The molecule has 2 aromatic carbocycles. The van der Waals surface area contributed by atoms with Gasteiger partial charge in [-0.25, -0.2) is 5.43 Å². The molecule has 0 saturated carbocycles. The van der Waals surface area contributed by atoms with Gasteiger partial charge in [0.05, 0.1) is 17.8 Å². The number of hydrogen-bond acceptors (Lipinski definition) is 4. The van der Waals surface area contributed by atoms with E-state index in [0.29, 0.717) is 22.4 Å². The summed E-state index contributed by atoms with van der Waals surface area (Å²) in [5.41, 5.74) is 3.20. The summed E-state index contributed by atoms with van der Waals surface area (Å²) in [4.78, 5) is 11.7. The molecule has 24 heavy (non-hydrogen) atoms. The molecule has 0 bridgehead atoms. The molecule has 0 spiro atoms. The van der Waals surface area contributed by atoms with Crippen LogP contribution in [0.15, 0.2) is 47.6 Å². The number of carbonyl (C=O) groups is 1. The predicted molar refractivity (Wildman–Crippen MR) is 95.3 cm³/mol. The quantitative estimate of drug-likeness (QED) is 0.596. The Bertz CT molecular complexity index is 718. The molecule has 5 nitrogen and oxygen atoms in total. The maximum atomic E-state index is 11.7. The molecule has 0 aliphatic carbocycles. The Morgan fingerprint density at radius 1 is 1.17 bits per heavy atom. The van der Waals surface area contributed by atoms with Crippen LogP contribution < -0.4 is 14.9 Å². The van der Waals surface area contributed by atoms with Crippen LogP contribution in [0, 0.1) is 0 Å². The lowest BCUT2D eigenvalue weighted by molar-refractivity contribution is -0.123. The van der Waals surface area contributed by atoms with E-state index in [1.54, 1.807) is 18.2 Å². The van der Waals surface area contributed by atoms with Crippen molar-refractivity contribution in [2.45, 2.75) is 6.92 Å². The molecule has 0 aliphatic heterocycles. The highest BCUT2D eigenvalue weighted by molar-refractivity contribution is 6.34. The number of benzene rings is 2. The van der Waals surface area contributed by atoms with E-state index in [2.05, 4.69) is 10.5 Å². The summed E-state index contributed by atoms with van der Waals surface area (Å²) in [5, 5.41) is 4.72. The third-order valence-electron chi connectivity index (χ3n) is 2.85. The molecule has 0 aromatic heterocycles. The monoisotopic (exact) mass is 366 g/mol. The SMILES string of the molecule is CCOc1ccc(/C=N/NC(=O)COc2cc(Cl)ccc2Cl)cc1. The first-order valence-electron chi connectivity index (χ1n) is 7.21. The van der Waals surface area contributed by atoms with Gasteiger partial charge in [0.1, 0.15) is 11.5 Å². The summed E-state index contributed by atoms with van der Waals surface area (Å²) in [6, 6.07) is 12.1. The van der Waals surface area contributed by atoms with Gasteiger partial charge < -0.3 is 9.47 Å². The Morgan fingerprint density at radius 2 is 1.92 bits per heavy atom. The van der Waals surface area contributed by atoms with Crippen molar-refractivity contribution in [3.8, 4) is 11.5 Å². The Balaban J connectivity index is 1.81. The summed E-state index contributed by atoms with van der Waals surface area (Å²) in [6.07, 6.45) is 1.53. The Hall–Kier alpha value is -2.24. The number of carbonyl (C=O) groups excluding carboxylic acids is 1. The molecule has 0 atom stereocenters. The normalized spacial score (nSPS) is 10.6. The van der Waals surface area contributed by atoms with Crippen LogP contribution in [0.1, 0.15) is 12.5 Å². The van der Waals surface area contributed by atoms with E-state index in [1.165, 1.54) is 6.21 Å². The maximum absolute atomic E-state index is 11.7. The van der Waals surface area contributed by atoms with Crippen LogP contribution in [0.4, 0.5) is 0 Å². The number of rotatable bonds is 7. The molecule has 0 fully saturated rings. The highest BCUT2D eigenvalue weighted by atomic mass is 35.5. The number of ether oxygens (including phenoxy) is 2. The summed E-state index contributed by atoms with van der Waals surface area (Å²) in [5.74, 6) is 0.716. The molecule has 126 valence electrons. The van der Waals surface area contributed by atoms with E-state index in [0.717, 1.165) is 11.3 Å². The van der Waals surface area contributed by atoms with Gasteiger partial charge in [-0.3, -0.25) is 4.79 Å². The zero-order chi connectivity index (χ0) is 17.4. The Morgan fingerprint density at radius 3 is 2.62 bits per heavy atom. The van der Waals surface area contributed by atoms with Crippen molar-refractivity contribution >= 4 is 35.3 Å². The van der Waals surface area contributed by atoms with Gasteiger partial charge in [-0.15, -0.1) is 0 Å². The fraction of sp³-hybridized carbons (Fsp3) is 0.176. The molecule has 0 radical (unpaired) electrons. The van der Waals surface area contributed by atoms with Crippen LogP contribution in [0.3, 0.4) is 0 Å². The minimum atomic E-state index is -0.409. The Labute approximate surface area is 150 Å². The molecule has 0 unspecified atom stereocenters. The van der Waals surface area contributed by atoms with Crippen LogP contribution in [0.25, 0.3) is 0 Å². The van der Waals surface area contributed by atoms with Crippen LogP contribution in [0.5, 0.6) is 11.5 Å². The lowest BCUT2D eigenvalue weighted by atomic mass is 10.2. The third kappa shape index (κ3) is 5.76. The van der Waals surface area contributed by atoms with Crippen LogP contribution in [0.2, 0.25) is 10.0 Å². The first-order chi connectivity index (χ1) is 11.6. The summed E-state index contributed by atoms with van der Waals surface area (Å²) < 4.78 is 10.7. The molecular weight excluding hydrogens is 351 g/mol. The second-order valence-electron chi connectivity index (χ2n) is 4.66. The minimum Gasteiger partial charge on any atom is -0.494 e. The first kappa shape index (κ1) is 18.1. The van der Waals surface area contributed by atoms with Gasteiger partial charge in [0.2, 0.25) is 0 Å². The number of hydrogen-bond donors (Lipinski definition) is 1. The lowest BCUT2D eigenvalue weighted by Crippen LogP contribution is -2.24. The van der Waals surface area contributed by atoms with E-state index >= 15 is 0 Å². The zero-order valence-electron chi connectivity index (χ0n) is 13.0. The van der Waals surface area contributed by atoms with E-state index in [4.69, 9.17) is 32.7 Å². The van der Waals surface area contributed by atoms with Crippen molar-refractivity contribution < 1.29 is 14.3 Å². The van der Waals surface area contributed by atoms with Gasteiger partial charge >= 0.3 is 0 Å². The molecule has 0 aliphatic rings. The van der Waals surface area contributed by atoms with Crippen molar-refractivity contribution in [1.82, 2.24) is 5.43 Å². The van der Waals surface area contributed by atoms with Gasteiger partial charge in [0.25, 0.3) is 5.91 Å². The molecule has 0 heterocycles. The molecule has 2 aromatic rings. The van der Waals surface area contributed by atoms with Gasteiger partial charge in [-0.05, 0) is 48.9 Å². The van der Waals surface area contributed by atoms with Crippen molar-refractivity contribution in [2.75, 3.05) is 13.2 Å². The van der Waals surface area contributed by atoms with Gasteiger partial charge in [-0.1, -0.05) is 23.2 Å². The number of amides is 1. The summed E-state index contributed by atoms with van der Waals surface area (Å²) >= 11 is 11.8. The highest BCUT2D eigenvalue weighted by Gasteiger charge is 2.06. The van der Waals surface area contributed by atoms with Crippen molar-refractivity contribution in [2.24, 2.45) is 5.10 Å². The van der Waals surface area contributed by atoms with E-state index in [9.17, 15) is 4.79 Å². The van der Waals surface area contributed by atoms with Crippen LogP contribution >= 0.6 is 23.2 Å². The number of hydrazone groups is 1. The topological polar surface area (TPSA) is 59.9 Å². The highest BCUT2D eigenvalue weighted by Crippen LogP contribution is 2.27. The number of nitrogens with zero attached hydrogens (tertiary/aromatic N) is 1. The average molecular weight is 367 g/mol. The maximum Gasteiger partial charge on any atom is 0.277 e. The van der Waals surface area contributed by atoms with Crippen molar-refractivity contribution in [1.29, 1.82) is 0 Å². The zero-order valence-corrected chi connectivity index (χ0v) is 14.5. The standard InChI is InChI=1S/C17H16Cl2N2O3/c1-2-23-14-6-3-12(4-7-14)10-20-21-17(22)11-24-16-9-13(18)5-8-15(16)19/h3-10H,2,11H2,1H3,(H,21,22)/b20-10+. The van der Waals surface area contributed by atoms with E-state index < -0.39 is 5.91 Å². The van der Waals surface area contributed by atoms with Gasteiger partial charge in [0, 0.05) is 11.1 Å². The van der Waals surface area contributed by atoms with Crippen LogP contribution in [-0.2, 0) is 4.79 Å². The van der Waals surface area contributed by atoms with Crippen molar-refractivity contribution in [3.63, 3.8) is 0 Å². The number of nitrogens with one attached hydrogen (secondary N) is 1. The third-order valence-corrected chi connectivity index (χ3v) is 3.39. The molecule has 7 heteroatoms. The average Bonchev–Trinajstić information content (AvgIpc) is 2.57. The van der Waals surface area contributed by atoms with Gasteiger partial charge in [0.15, 0.2) is 6.61 Å². The smallest absolute Gasteiger partial charge is 0.277 e. The largest absolute Gasteiger partial charge is 0.494 e. The molecule has 0 saturated heterocycles. The van der Waals surface area contributed by atoms with Crippen LogP contribution in [-0.4, -0.2) is 25.3 Å². The summed E-state index contributed by atoms with van der Waals surface area (Å²) in [7, 11) is 0. The second kappa shape index (κ2) is 9.15. The van der Waals surface area contributed by atoms with E-state index in [-0.39, 0.29) is 6.61 Å². The van der Waals surface area contributed by atoms with Gasteiger partial charge in [-0.2, -0.15) is 5.10 Å². The van der Waals surface area contributed by atoms with E-state index in [1.807, 2.05) is 31.2 Å². The predicted octanol–water partition coefficient (Wildman–Crippen LogP) is 3.92. The minimum absolute atomic E-state index is 0.222. The second-order valence-corrected chi connectivity index (χ2v) is 5.50.